The number of halogens is 1. The van der Waals surface area contributed by atoms with Crippen LogP contribution in [0.4, 0.5) is 11.4 Å². The van der Waals surface area contributed by atoms with Crippen molar-refractivity contribution in [2.75, 3.05) is 37.1 Å². The Balaban J connectivity index is 1.67. The summed E-state index contributed by atoms with van der Waals surface area (Å²) in [6.07, 6.45) is 2.31. The number of aliphatic hydroxyl groups is 1. The maximum absolute atomic E-state index is 13.5. The summed E-state index contributed by atoms with van der Waals surface area (Å²) in [5.74, 6) is -1.26. The van der Waals surface area contributed by atoms with Crippen molar-refractivity contribution >= 4 is 40.4 Å². The maximum atomic E-state index is 13.5. The van der Waals surface area contributed by atoms with Gasteiger partial charge in [0.25, 0.3) is 11.7 Å². The Morgan fingerprint density at radius 2 is 1.58 bits per heavy atom. The van der Waals surface area contributed by atoms with Crippen LogP contribution in [0.3, 0.4) is 0 Å². The van der Waals surface area contributed by atoms with Gasteiger partial charge in [0.15, 0.2) is 0 Å². The first kappa shape index (κ1) is 25.7. The zero-order valence-corrected chi connectivity index (χ0v) is 22.3. The van der Waals surface area contributed by atoms with Gasteiger partial charge in [0, 0.05) is 30.5 Å². The second-order valence-electron chi connectivity index (χ2n) is 9.48. The molecule has 38 heavy (non-hydrogen) atoms. The lowest BCUT2D eigenvalue weighted by atomic mass is 9.94. The Morgan fingerprint density at radius 1 is 0.921 bits per heavy atom. The highest BCUT2D eigenvalue weighted by Crippen LogP contribution is 2.45. The maximum Gasteiger partial charge on any atom is 0.300 e. The molecule has 0 radical (unpaired) electrons. The first-order valence-electron chi connectivity index (χ1n) is 12.5. The minimum atomic E-state index is -0.849. The van der Waals surface area contributed by atoms with Crippen LogP contribution in [0, 0.1) is 6.92 Å². The van der Waals surface area contributed by atoms with Crippen LogP contribution in [0.5, 0.6) is 11.5 Å². The number of hydrogen-bond acceptors (Lipinski definition) is 6. The minimum absolute atomic E-state index is 0.0382. The van der Waals surface area contributed by atoms with Gasteiger partial charge in [-0.15, -0.1) is 0 Å². The van der Waals surface area contributed by atoms with E-state index in [1.807, 2.05) is 55.5 Å². The van der Waals surface area contributed by atoms with Crippen LogP contribution in [-0.4, -0.2) is 44.1 Å². The smallest absolute Gasteiger partial charge is 0.300 e. The van der Waals surface area contributed by atoms with E-state index in [9.17, 15) is 14.7 Å². The number of amides is 1. The molecule has 2 fully saturated rings. The zero-order chi connectivity index (χ0) is 27.0. The fourth-order valence-corrected chi connectivity index (χ4v) is 5.48. The highest BCUT2D eigenvalue weighted by Gasteiger charge is 2.47. The summed E-state index contributed by atoms with van der Waals surface area (Å²) in [6.45, 7) is 3.94. The number of benzene rings is 3. The predicted octanol–water partition coefficient (Wildman–Crippen LogP) is 5.89. The van der Waals surface area contributed by atoms with Crippen LogP contribution in [0.2, 0.25) is 5.02 Å². The number of methoxy groups -OCH3 is 2. The second-order valence-corrected chi connectivity index (χ2v) is 9.89. The number of nitrogens with zero attached hydrogens (tertiary/aromatic N) is 2. The average Bonchev–Trinajstić information content (AvgIpc) is 3.55. The summed E-state index contributed by atoms with van der Waals surface area (Å²) in [5, 5.41) is 11.8. The SMILES string of the molecule is COc1cc(OC)c(/C(O)=C2\C(=O)C(=O)N(c3ccc(N4CCCC4)cc3)C2c2cccc(C)c2)cc1Cl. The molecule has 196 valence electrons. The normalized spacial score (nSPS) is 18.8. The second kappa shape index (κ2) is 10.4. The molecule has 3 aromatic rings. The van der Waals surface area contributed by atoms with Gasteiger partial charge in [-0.1, -0.05) is 41.4 Å². The lowest BCUT2D eigenvalue weighted by Gasteiger charge is -2.26. The molecule has 1 N–H and O–H groups in total. The number of carbonyl (C=O) groups is 2. The van der Waals surface area contributed by atoms with Crippen molar-refractivity contribution in [2.24, 2.45) is 0 Å². The van der Waals surface area contributed by atoms with Gasteiger partial charge in [-0.25, -0.2) is 0 Å². The van der Waals surface area contributed by atoms with Crippen molar-refractivity contribution in [3.05, 3.63) is 87.9 Å². The van der Waals surface area contributed by atoms with Gasteiger partial charge in [0.2, 0.25) is 0 Å². The van der Waals surface area contributed by atoms with Crippen molar-refractivity contribution in [3.63, 3.8) is 0 Å². The van der Waals surface area contributed by atoms with Gasteiger partial charge in [-0.3, -0.25) is 14.5 Å². The molecular formula is C30H29ClN2O5. The number of rotatable bonds is 6. The summed E-state index contributed by atoms with van der Waals surface area (Å²) >= 11 is 6.36. The highest BCUT2D eigenvalue weighted by atomic mass is 35.5. The molecule has 2 aliphatic heterocycles. The Bertz CT molecular complexity index is 1430. The van der Waals surface area contributed by atoms with Gasteiger partial charge in [0.05, 0.1) is 36.4 Å². The Kier molecular flexibility index (Phi) is 7.04. The van der Waals surface area contributed by atoms with E-state index in [1.54, 1.807) is 0 Å². The molecule has 3 aromatic carbocycles. The molecule has 1 amide bonds. The fraction of sp³-hybridized carbons (Fsp3) is 0.267. The number of hydrogen-bond donors (Lipinski definition) is 1. The fourth-order valence-electron chi connectivity index (χ4n) is 5.24. The molecule has 0 saturated carbocycles. The van der Waals surface area contributed by atoms with Crippen molar-refractivity contribution in [1.29, 1.82) is 0 Å². The summed E-state index contributed by atoms with van der Waals surface area (Å²) in [5.41, 5.74) is 3.46. The van der Waals surface area contributed by atoms with Crippen molar-refractivity contribution < 1.29 is 24.2 Å². The third-order valence-corrected chi connectivity index (χ3v) is 7.43. The van der Waals surface area contributed by atoms with Gasteiger partial charge in [0.1, 0.15) is 17.3 Å². The Morgan fingerprint density at radius 3 is 2.21 bits per heavy atom. The first-order chi connectivity index (χ1) is 18.3. The van der Waals surface area contributed by atoms with E-state index in [1.165, 1.54) is 31.3 Å². The van der Waals surface area contributed by atoms with Crippen LogP contribution in [-0.2, 0) is 9.59 Å². The number of carbonyl (C=O) groups excluding carboxylic acids is 2. The molecule has 0 aromatic heterocycles. The Labute approximate surface area is 226 Å². The van der Waals surface area contributed by atoms with E-state index >= 15 is 0 Å². The molecule has 5 rings (SSSR count). The number of anilines is 2. The van der Waals surface area contributed by atoms with Crippen LogP contribution in [0.25, 0.3) is 5.76 Å². The van der Waals surface area contributed by atoms with Gasteiger partial charge < -0.3 is 19.5 Å². The summed E-state index contributed by atoms with van der Waals surface area (Å²) in [7, 11) is 2.91. The summed E-state index contributed by atoms with van der Waals surface area (Å²) in [4.78, 5) is 30.8. The van der Waals surface area contributed by atoms with Crippen LogP contribution in [0.15, 0.2) is 66.2 Å². The lowest BCUT2D eigenvalue weighted by molar-refractivity contribution is -0.132. The molecule has 0 aliphatic carbocycles. The number of ketones is 1. The topological polar surface area (TPSA) is 79.3 Å². The molecular weight excluding hydrogens is 504 g/mol. The quantitative estimate of drug-likeness (QED) is 0.242. The van der Waals surface area contributed by atoms with Crippen molar-refractivity contribution in [3.8, 4) is 11.5 Å². The van der Waals surface area contributed by atoms with Crippen LogP contribution in [0.1, 0.15) is 35.6 Å². The van der Waals surface area contributed by atoms with E-state index in [2.05, 4.69) is 4.90 Å². The number of aryl methyl sites for hydroxylation is 1. The largest absolute Gasteiger partial charge is 0.507 e. The van der Waals surface area contributed by atoms with E-state index < -0.39 is 17.7 Å². The molecule has 2 saturated heterocycles. The standard InChI is InChI=1S/C30H29ClN2O5/c1-18-7-6-8-19(15-18)27-26(28(34)22-16-23(31)25(38-3)17-24(22)37-2)29(35)30(36)33(27)21-11-9-20(10-12-21)32-13-4-5-14-32/h6-12,15-17,27,34H,4-5,13-14H2,1-3H3/b28-26+. The molecule has 2 aliphatic rings. The number of ether oxygens (including phenoxy) is 2. The lowest BCUT2D eigenvalue weighted by Crippen LogP contribution is -2.29. The number of aliphatic hydroxyl groups excluding tert-OH is 1. The van der Waals surface area contributed by atoms with Crippen molar-refractivity contribution in [2.45, 2.75) is 25.8 Å². The highest BCUT2D eigenvalue weighted by molar-refractivity contribution is 6.51. The molecule has 0 spiro atoms. The van der Waals surface area contributed by atoms with Crippen LogP contribution >= 0.6 is 11.6 Å². The van der Waals surface area contributed by atoms with E-state index in [0.29, 0.717) is 17.0 Å². The Hall–Kier alpha value is -3.97. The van der Waals surface area contributed by atoms with Crippen molar-refractivity contribution in [1.82, 2.24) is 0 Å². The molecule has 7 nitrogen and oxygen atoms in total. The molecule has 0 bridgehead atoms. The molecule has 8 heteroatoms. The first-order valence-corrected chi connectivity index (χ1v) is 12.9. The zero-order valence-electron chi connectivity index (χ0n) is 21.5. The molecule has 1 unspecified atom stereocenters. The van der Waals surface area contributed by atoms with Gasteiger partial charge in [-0.05, 0) is 55.7 Å². The number of Topliss-reactive ketones (excluding diaryl/α,β-unsaturated/α-hetero) is 1. The summed E-state index contributed by atoms with van der Waals surface area (Å²) in [6, 6.07) is 17.4. The third kappa shape index (κ3) is 4.47. The molecule has 2 heterocycles. The predicted molar refractivity (Wildman–Crippen MR) is 148 cm³/mol. The third-order valence-electron chi connectivity index (χ3n) is 7.13. The van der Waals surface area contributed by atoms with Crippen LogP contribution < -0.4 is 19.3 Å². The monoisotopic (exact) mass is 532 g/mol. The average molecular weight is 533 g/mol. The minimum Gasteiger partial charge on any atom is -0.507 e. The van der Waals surface area contributed by atoms with E-state index in [-0.39, 0.29) is 27.7 Å². The van der Waals surface area contributed by atoms with E-state index in [4.69, 9.17) is 21.1 Å². The summed E-state index contributed by atoms with van der Waals surface area (Å²) < 4.78 is 10.7. The van der Waals surface area contributed by atoms with E-state index in [0.717, 1.165) is 37.2 Å². The molecule has 1 atom stereocenters. The van der Waals surface area contributed by atoms with Gasteiger partial charge in [-0.2, -0.15) is 0 Å². The van der Waals surface area contributed by atoms with Gasteiger partial charge >= 0.3 is 0 Å².